The Morgan fingerprint density at radius 2 is 1.87 bits per heavy atom. The predicted octanol–water partition coefficient (Wildman–Crippen LogP) is 3.65. The molecular formula is C18H16O5. The van der Waals surface area contributed by atoms with E-state index >= 15 is 0 Å². The van der Waals surface area contributed by atoms with Crippen LogP contribution in [-0.4, -0.2) is 18.2 Å². The van der Waals surface area contributed by atoms with Gasteiger partial charge in [0.1, 0.15) is 23.7 Å². The van der Waals surface area contributed by atoms with Gasteiger partial charge in [0.2, 0.25) is 0 Å². The second-order valence-corrected chi connectivity index (χ2v) is 5.13. The summed E-state index contributed by atoms with van der Waals surface area (Å²) in [6.45, 7) is 0.429. The zero-order chi connectivity index (χ0) is 16.2. The fourth-order valence-electron chi connectivity index (χ4n) is 2.34. The molecule has 1 N–H and O–H groups in total. The van der Waals surface area contributed by atoms with E-state index in [-0.39, 0.29) is 6.42 Å². The van der Waals surface area contributed by atoms with Gasteiger partial charge in [0.15, 0.2) is 0 Å². The summed E-state index contributed by atoms with van der Waals surface area (Å²) in [6, 6.07) is 13.0. The highest BCUT2D eigenvalue weighted by Gasteiger charge is 2.10. The van der Waals surface area contributed by atoms with Crippen LogP contribution in [0.5, 0.6) is 11.5 Å². The second-order valence-electron chi connectivity index (χ2n) is 5.13. The van der Waals surface area contributed by atoms with Gasteiger partial charge in [-0.25, -0.2) is 0 Å². The lowest BCUT2D eigenvalue weighted by atomic mass is 10.1. The Balaban J connectivity index is 1.71. The Morgan fingerprint density at radius 1 is 1.13 bits per heavy atom. The number of methoxy groups -OCH3 is 1. The first-order chi connectivity index (χ1) is 11.2. The number of carboxylic acids is 1. The third kappa shape index (κ3) is 3.45. The molecule has 0 amide bonds. The van der Waals surface area contributed by atoms with Gasteiger partial charge in [-0.1, -0.05) is 12.1 Å². The van der Waals surface area contributed by atoms with E-state index in [1.165, 1.54) is 6.26 Å². The van der Waals surface area contributed by atoms with Gasteiger partial charge in [-0.2, -0.15) is 0 Å². The summed E-state index contributed by atoms with van der Waals surface area (Å²) >= 11 is 0. The minimum absolute atomic E-state index is 0.0565. The fourth-order valence-corrected chi connectivity index (χ4v) is 2.34. The molecule has 0 aliphatic rings. The van der Waals surface area contributed by atoms with Crippen molar-refractivity contribution in [1.82, 2.24) is 0 Å². The van der Waals surface area contributed by atoms with Crippen molar-refractivity contribution < 1.29 is 23.8 Å². The quantitative estimate of drug-likeness (QED) is 0.752. The highest BCUT2D eigenvalue weighted by Crippen LogP contribution is 2.26. The minimum Gasteiger partial charge on any atom is -0.497 e. The van der Waals surface area contributed by atoms with Crippen molar-refractivity contribution in [2.24, 2.45) is 0 Å². The summed E-state index contributed by atoms with van der Waals surface area (Å²) in [4.78, 5) is 10.8. The van der Waals surface area contributed by atoms with Gasteiger partial charge in [0.25, 0.3) is 0 Å². The molecule has 1 aromatic heterocycles. The highest BCUT2D eigenvalue weighted by atomic mass is 16.5. The molecule has 0 atom stereocenters. The Kier molecular flexibility index (Phi) is 4.19. The molecule has 0 saturated heterocycles. The van der Waals surface area contributed by atoms with E-state index in [1.807, 2.05) is 36.4 Å². The van der Waals surface area contributed by atoms with Crippen LogP contribution in [0.25, 0.3) is 11.0 Å². The molecular weight excluding hydrogens is 296 g/mol. The number of furan rings is 1. The maximum Gasteiger partial charge on any atom is 0.307 e. The van der Waals surface area contributed by atoms with Crippen LogP contribution >= 0.6 is 0 Å². The number of carboxylic acid groups (broad SMARTS) is 1. The molecule has 0 bridgehead atoms. The third-order valence-corrected chi connectivity index (χ3v) is 3.53. The van der Waals surface area contributed by atoms with Gasteiger partial charge in [0, 0.05) is 17.0 Å². The molecule has 0 radical (unpaired) electrons. The standard InChI is InChI=1S/C18H16O5/c1-21-14-4-2-12(3-5-14)10-22-15-6-7-16-13(8-18(19)20)11-23-17(16)9-15/h2-7,9,11H,8,10H2,1H3,(H,19,20). The molecule has 1 heterocycles. The summed E-state index contributed by atoms with van der Waals surface area (Å²) in [5.74, 6) is 0.591. The normalized spacial score (nSPS) is 10.7. The van der Waals surface area contributed by atoms with Gasteiger partial charge in [-0.3, -0.25) is 4.79 Å². The Bertz CT molecular complexity index is 817. The molecule has 5 heteroatoms. The fraction of sp³-hybridized carbons (Fsp3) is 0.167. The van der Waals surface area contributed by atoms with Crippen LogP contribution < -0.4 is 9.47 Å². The monoisotopic (exact) mass is 312 g/mol. The van der Waals surface area contributed by atoms with E-state index in [9.17, 15) is 4.79 Å². The predicted molar refractivity (Wildman–Crippen MR) is 84.9 cm³/mol. The number of rotatable bonds is 6. The Labute approximate surface area is 133 Å². The average Bonchev–Trinajstić information content (AvgIpc) is 2.95. The van der Waals surface area contributed by atoms with E-state index in [1.54, 1.807) is 13.2 Å². The van der Waals surface area contributed by atoms with Crippen LogP contribution in [0, 0.1) is 0 Å². The van der Waals surface area contributed by atoms with Crippen LogP contribution in [0.15, 0.2) is 53.1 Å². The molecule has 0 aliphatic heterocycles. The van der Waals surface area contributed by atoms with Crippen LogP contribution in [0.4, 0.5) is 0 Å². The molecule has 118 valence electrons. The van der Waals surface area contributed by atoms with Gasteiger partial charge in [-0.15, -0.1) is 0 Å². The van der Waals surface area contributed by atoms with Crippen molar-refractivity contribution in [2.45, 2.75) is 13.0 Å². The van der Waals surface area contributed by atoms with Crippen LogP contribution in [0.2, 0.25) is 0 Å². The Morgan fingerprint density at radius 3 is 2.57 bits per heavy atom. The largest absolute Gasteiger partial charge is 0.497 e. The van der Waals surface area contributed by atoms with Gasteiger partial charge >= 0.3 is 5.97 Å². The van der Waals surface area contributed by atoms with Crippen molar-refractivity contribution in [2.75, 3.05) is 7.11 Å². The van der Waals surface area contributed by atoms with Crippen LogP contribution in [-0.2, 0) is 17.8 Å². The molecule has 0 fully saturated rings. The number of hydrogen-bond donors (Lipinski definition) is 1. The summed E-state index contributed by atoms with van der Waals surface area (Å²) in [5, 5.41) is 9.67. The molecule has 2 aromatic carbocycles. The SMILES string of the molecule is COc1ccc(COc2ccc3c(CC(=O)O)coc3c2)cc1. The first-order valence-corrected chi connectivity index (χ1v) is 7.13. The van der Waals surface area contributed by atoms with E-state index in [4.69, 9.17) is 19.0 Å². The van der Waals surface area contributed by atoms with Crippen LogP contribution in [0.3, 0.4) is 0 Å². The molecule has 5 nitrogen and oxygen atoms in total. The molecule has 0 spiro atoms. The molecule has 3 rings (SSSR count). The van der Waals surface area contributed by atoms with E-state index in [2.05, 4.69) is 0 Å². The lowest BCUT2D eigenvalue weighted by molar-refractivity contribution is -0.136. The minimum atomic E-state index is -0.882. The molecule has 0 aliphatic carbocycles. The van der Waals surface area contributed by atoms with Gasteiger partial charge < -0.3 is 19.0 Å². The van der Waals surface area contributed by atoms with E-state index < -0.39 is 5.97 Å². The maximum atomic E-state index is 10.8. The van der Waals surface area contributed by atoms with Crippen molar-refractivity contribution in [3.8, 4) is 11.5 Å². The summed E-state index contributed by atoms with van der Waals surface area (Å²) in [6.07, 6.45) is 1.42. The first kappa shape index (κ1) is 15.0. The number of aliphatic carboxylic acids is 1. The van der Waals surface area contributed by atoms with Gasteiger partial charge in [0.05, 0.1) is 19.8 Å². The third-order valence-electron chi connectivity index (χ3n) is 3.53. The number of hydrogen-bond acceptors (Lipinski definition) is 4. The lowest BCUT2D eigenvalue weighted by Gasteiger charge is -2.07. The van der Waals surface area contributed by atoms with Crippen molar-refractivity contribution >= 4 is 16.9 Å². The number of carbonyl (C=O) groups is 1. The number of fused-ring (bicyclic) bond motifs is 1. The van der Waals surface area contributed by atoms with Gasteiger partial charge in [-0.05, 0) is 29.8 Å². The lowest BCUT2D eigenvalue weighted by Crippen LogP contribution is -1.98. The zero-order valence-corrected chi connectivity index (χ0v) is 12.6. The molecule has 0 saturated carbocycles. The maximum absolute atomic E-state index is 10.8. The Hall–Kier alpha value is -2.95. The zero-order valence-electron chi connectivity index (χ0n) is 12.6. The first-order valence-electron chi connectivity index (χ1n) is 7.13. The number of benzene rings is 2. The average molecular weight is 312 g/mol. The summed E-state index contributed by atoms with van der Waals surface area (Å²) < 4.78 is 16.3. The summed E-state index contributed by atoms with van der Waals surface area (Å²) in [7, 11) is 1.63. The van der Waals surface area contributed by atoms with Crippen LogP contribution in [0.1, 0.15) is 11.1 Å². The smallest absolute Gasteiger partial charge is 0.307 e. The van der Waals surface area contributed by atoms with Crippen molar-refractivity contribution in [3.05, 3.63) is 59.9 Å². The highest BCUT2D eigenvalue weighted by molar-refractivity contribution is 5.86. The molecule has 3 aromatic rings. The van der Waals surface area contributed by atoms with Crippen molar-refractivity contribution in [3.63, 3.8) is 0 Å². The second kappa shape index (κ2) is 6.44. The molecule has 23 heavy (non-hydrogen) atoms. The van der Waals surface area contributed by atoms with E-state index in [0.29, 0.717) is 23.5 Å². The van der Waals surface area contributed by atoms with Crippen molar-refractivity contribution in [1.29, 1.82) is 0 Å². The summed E-state index contributed by atoms with van der Waals surface area (Å²) in [5.41, 5.74) is 2.31. The molecule has 0 unspecified atom stereocenters. The number of ether oxygens (including phenoxy) is 2. The topological polar surface area (TPSA) is 68.9 Å². The van der Waals surface area contributed by atoms with E-state index in [0.717, 1.165) is 16.7 Å².